The van der Waals surface area contributed by atoms with E-state index in [9.17, 15) is 9.90 Å². The number of nitrogens with zero attached hydrogens (tertiary/aromatic N) is 2. The number of hydrogen-bond donors (Lipinski definition) is 1. The first-order valence-corrected chi connectivity index (χ1v) is 9.38. The molecule has 1 fully saturated rings. The molecule has 4 heteroatoms. The van der Waals surface area contributed by atoms with E-state index in [1.807, 2.05) is 28.9 Å². The summed E-state index contributed by atoms with van der Waals surface area (Å²) in [5.74, 6) is 5.85. The van der Waals surface area contributed by atoms with Crippen LogP contribution in [0.5, 0.6) is 0 Å². The molecule has 3 rings (SSSR count). The van der Waals surface area contributed by atoms with Gasteiger partial charge in [0.25, 0.3) is 0 Å². The summed E-state index contributed by atoms with van der Waals surface area (Å²) in [5.41, 5.74) is -0.0144. The maximum atomic E-state index is 12.7. The van der Waals surface area contributed by atoms with Crippen molar-refractivity contribution in [1.82, 2.24) is 9.78 Å². The van der Waals surface area contributed by atoms with Gasteiger partial charge in [0.2, 0.25) is 5.43 Å². The third-order valence-electron chi connectivity index (χ3n) is 4.93. The Kier molecular flexibility index (Phi) is 5.55. The number of benzene rings is 1. The van der Waals surface area contributed by atoms with Crippen LogP contribution < -0.4 is 5.43 Å². The standard InChI is InChI=1S/C21H26N2O2/c1-2-3-9-16-23-19-11-6-5-10-17(19)20(24)18(22-23)12-15-21(25)13-7-4-8-14-21/h5-6,10-11,25H,2-4,7-9,13-14,16H2,1H3. The zero-order valence-corrected chi connectivity index (χ0v) is 14.9. The number of rotatable bonds is 4. The Morgan fingerprint density at radius 2 is 1.96 bits per heavy atom. The second-order valence-corrected chi connectivity index (χ2v) is 6.97. The maximum absolute atomic E-state index is 12.7. The van der Waals surface area contributed by atoms with Crippen molar-refractivity contribution in [3.8, 4) is 11.8 Å². The van der Waals surface area contributed by atoms with Gasteiger partial charge in [0.1, 0.15) is 5.60 Å². The molecule has 1 aliphatic carbocycles. The van der Waals surface area contributed by atoms with E-state index in [1.165, 1.54) is 0 Å². The van der Waals surface area contributed by atoms with Crippen LogP contribution in [0.2, 0.25) is 0 Å². The molecule has 2 aromatic rings. The molecule has 0 unspecified atom stereocenters. The molecule has 1 aromatic carbocycles. The molecule has 1 heterocycles. The second-order valence-electron chi connectivity index (χ2n) is 6.97. The van der Waals surface area contributed by atoms with Crippen molar-refractivity contribution in [3.63, 3.8) is 0 Å². The molecule has 1 saturated carbocycles. The lowest BCUT2D eigenvalue weighted by molar-refractivity contribution is 0.0610. The van der Waals surface area contributed by atoms with E-state index in [0.29, 0.717) is 18.2 Å². The summed E-state index contributed by atoms with van der Waals surface area (Å²) in [5, 5.41) is 15.7. The van der Waals surface area contributed by atoms with Crippen LogP contribution in [-0.4, -0.2) is 20.5 Å². The van der Waals surface area contributed by atoms with Crippen molar-refractivity contribution >= 4 is 10.9 Å². The zero-order valence-electron chi connectivity index (χ0n) is 14.9. The minimum absolute atomic E-state index is 0.144. The van der Waals surface area contributed by atoms with Gasteiger partial charge in [-0.05, 0) is 50.2 Å². The van der Waals surface area contributed by atoms with E-state index >= 15 is 0 Å². The molecule has 4 nitrogen and oxygen atoms in total. The largest absolute Gasteiger partial charge is 0.378 e. The fourth-order valence-corrected chi connectivity index (χ4v) is 3.44. The van der Waals surface area contributed by atoms with Gasteiger partial charge in [0.05, 0.1) is 10.9 Å². The van der Waals surface area contributed by atoms with Crippen molar-refractivity contribution < 1.29 is 5.11 Å². The number of para-hydroxylation sites is 1. The predicted octanol–water partition coefficient (Wildman–Crippen LogP) is 3.63. The molecular weight excluding hydrogens is 312 g/mol. The molecule has 1 aliphatic rings. The van der Waals surface area contributed by atoms with Crippen molar-refractivity contribution in [2.45, 2.75) is 70.4 Å². The monoisotopic (exact) mass is 338 g/mol. The topological polar surface area (TPSA) is 55.1 Å². The number of aromatic nitrogens is 2. The van der Waals surface area contributed by atoms with Crippen LogP contribution in [0.15, 0.2) is 29.1 Å². The SMILES string of the molecule is CCCCCn1nc(C#CC2(O)CCCCC2)c(=O)c2ccccc21. The van der Waals surface area contributed by atoms with E-state index in [4.69, 9.17) is 0 Å². The van der Waals surface area contributed by atoms with Gasteiger partial charge in [-0.25, -0.2) is 0 Å². The number of aliphatic hydroxyl groups is 1. The average Bonchev–Trinajstić information content (AvgIpc) is 2.63. The molecule has 0 atom stereocenters. The van der Waals surface area contributed by atoms with Gasteiger partial charge in [-0.2, -0.15) is 5.10 Å². The average molecular weight is 338 g/mol. The van der Waals surface area contributed by atoms with Crippen molar-refractivity contribution in [2.24, 2.45) is 0 Å². The Bertz CT molecular complexity index is 852. The van der Waals surface area contributed by atoms with E-state index in [0.717, 1.165) is 50.6 Å². The van der Waals surface area contributed by atoms with Crippen molar-refractivity contribution in [2.75, 3.05) is 0 Å². The van der Waals surface area contributed by atoms with Crippen LogP contribution >= 0.6 is 0 Å². The molecule has 1 aromatic heterocycles. The summed E-state index contributed by atoms with van der Waals surface area (Å²) >= 11 is 0. The predicted molar refractivity (Wildman–Crippen MR) is 100 cm³/mol. The highest BCUT2D eigenvalue weighted by molar-refractivity contribution is 5.79. The first kappa shape index (κ1) is 17.7. The Labute approximate surface area is 148 Å². The molecule has 0 bridgehead atoms. The summed E-state index contributed by atoms with van der Waals surface area (Å²) in [6.45, 7) is 2.94. The molecular formula is C21H26N2O2. The number of fused-ring (bicyclic) bond motifs is 1. The van der Waals surface area contributed by atoms with Gasteiger partial charge in [0.15, 0.2) is 5.69 Å². The van der Waals surface area contributed by atoms with Gasteiger partial charge in [-0.1, -0.05) is 44.2 Å². The third kappa shape index (κ3) is 4.11. The summed E-state index contributed by atoms with van der Waals surface area (Å²) in [4.78, 5) is 12.7. The minimum atomic E-state index is -0.967. The van der Waals surface area contributed by atoms with Crippen LogP contribution in [0.3, 0.4) is 0 Å². The maximum Gasteiger partial charge on any atom is 0.223 e. The van der Waals surface area contributed by atoms with E-state index in [2.05, 4.69) is 23.9 Å². The molecule has 0 saturated heterocycles. The minimum Gasteiger partial charge on any atom is -0.378 e. The summed E-state index contributed by atoms with van der Waals surface area (Å²) in [7, 11) is 0. The highest BCUT2D eigenvalue weighted by atomic mass is 16.3. The zero-order chi connectivity index (χ0) is 17.7. The lowest BCUT2D eigenvalue weighted by Crippen LogP contribution is -2.29. The number of unbranched alkanes of at least 4 members (excludes halogenated alkanes) is 2. The van der Waals surface area contributed by atoms with Crippen LogP contribution in [0, 0.1) is 11.8 Å². The lowest BCUT2D eigenvalue weighted by atomic mass is 9.85. The van der Waals surface area contributed by atoms with Gasteiger partial charge < -0.3 is 5.11 Å². The molecule has 0 amide bonds. The van der Waals surface area contributed by atoms with Gasteiger partial charge in [0, 0.05) is 6.54 Å². The highest BCUT2D eigenvalue weighted by Gasteiger charge is 2.26. The molecule has 0 radical (unpaired) electrons. The van der Waals surface area contributed by atoms with Crippen LogP contribution in [0.25, 0.3) is 10.9 Å². The Morgan fingerprint density at radius 1 is 1.20 bits per heavy atom. The van der Waals surface area contributed by atoms with Gasteiger partial charge >= 0.3 is 0 Å². The van der Waals surface area contributed by atoms with Gasteiger partial charge in [-0.3, -0.25) is 9.48 Å². The fraction of sp³-hybridized carbons (Fsp3) is 0.524. The molecule has 25 heavy (non-hydrogen) atoms. The first-order chi connectivity index (χ1) is 12.1. The number of hydrogen-bond acceptors (Lipinski definition) is 3. The van der Waals surface area contributed by atoms with Crippen LogP contribution in [-0.2, 0) is 6.54 Å². The van der Waals surface area contributed by atoms with E-state index in [-0.39, 0.29) is 11.1 Å². The van der Waals surface area contributed by atoms with E-state index in [1.54, 1.807) is 0 Å². The lowest BCUT2D eigenvalue weighted by Gasteiger charge is -2.26. The van der Waals surface area contributed by atoms with E-state index < -0.39 is 5.60 Å². The quantitative estimate of drug-likeness (QED) is 0.684. The fourth-order valence-electron chi connectivity index (χ4n) is 3.44. The smallest absolute Gasteiger partial charge is 0.223 e. The molecule has 0 aliphatic heterocycles. The second kappa shape index (κ2) is 7.84. The molecule has 0 spiro atoms. The third-order valence-corrected chi connectivity index (χ3v) is 4.93. The summed E-state index contributed by atoms with van der Waals surface area (Å²) < 4.78 is 1.89. The Balaban J connectivity index is 2.00. The Hall–Kier alpha value is -2.12. The van der Waals surface area contributed by atoms with Crippen LogP contribution in [0.4, 0.5) is 0 Å². The summed E-state index contributed by atoms with van der Waals surface area (Å²) in [6.07, 6.45) is 7.75. The highest BCUT2D eigenvalue weighted by Crippen LogP contribution is 2.27. The Morgan fingerprint density at radius 3 is 2.72 bits per heavy atom. The van der Waals surface area contributed by atoms with Crippen molar-refractivity contribution in [1.29, 1.82) is 0 Å². The molecule has 1 N–H and O–H groups in total. The van der Waals surface area contributed by atoms with Crippen molar-refractivity contribution in [3.05, 3.63) is 40.2 Å². The summed E-state index contributed by atoms with van der Waals surface area (Å²) in [6, 6.07) is 7.56. The normalized spacial score (nSPS) is 16.4. The first-order valence-electron chi connectivity index (χ1n) is 9.38. The molecule has 132 valence electrons. The number of aryl methyl sites for hydroxylation is 1. The van der Waals surface area contributed by atoms with Crippen LogP contribution in [0.1, 0.15) is 64.0 Å². The van der Waals surface area contributed by atoms with Gasteiger partial charge in [-0.15, -0.1) is 0 Å².